The van der Waals surface area contributed by atoms with Gasteiger partial charge in [-0.3, -0.25) is 0 Å². The van der Waals surface area contributed by atoms with E-state index in [0.717, 1.165) is 0 Å². The molecular weight excluding hydrogens is 453 g/mol. The molecule has 117 valence electrons. The molecule has 0 atom stereocenters. The third-order valence-corrected chi connectivity index (χ3v) is 6.42. The first-order valence-electron chi connectivity index (χ1n) is 6.49. The molecule has 0 heterocycles. The topological polar surface area (TPSA) is 0 Å². The summed E-state index contributed by atoms with van der Waals surface area (Å²) in [5, 5.41) is 0. The van der Waals surface area contributed by atoms with Crippen molar-refractivity contribution < 1.29 is 26.2 Å². The fourth-order valence-electron chi connectivity index (χ4n) is 1.19. The minimum absolute atomic E-state index is 0. The zero-order valence-electron chi connectivity index (χ0n) is 15.2. The van der Waals surface area contributed by atoms with E-state index in [1.54, 1.807) is 4.40 Å². The van der Waals surface area contributed by atoms with E-state index in [0.29, 0.717) is 0 Å². The monoisotopic (exact) mass is 487 g/mol. The van der Waals surface area contributed by atoms with Gasteiger partial charge in [0.15, 0.2) is 0 Å². The van der Waals surface area contributed by atoms with Gasteiger partial charge in [-0.25, -0.2) is 12.1 Å². The van der Waals surface area contributed by atoms with Crippen LogP contribution < -0.4 is 4.40 Å². The van der Waals surface area contributed by atoms with Crippen LogP contribution in [0.4, 0.5) is 0 Å². The molecule has 0 aliphatic heterocycles. The summed E-state index contributed by atoms with van der Waals surface area (Å²) in [6.07, 6.45) is 0. The van der Waals surface area contributed by atoms with Crippen LogP contribution in [0.15, 0.2) is 54.6 Å². The van der Waals surface area contributed by atoms with Crippen LogP contribution in [0, 0.1) is 14.9 Å². The Hall–Kier alpha value is 0.669. The molecule has 21 heavy (non-hydrogen) atoms. The Bertz CT molecular complexity index is 336. The van der Waals surface area contributed by atoms with Gasteiger partial charge in [-0.1, -0.05) is 0 Å². The van der Waals surface area contributed by atoms with Gasteiger partial charge in [-0.2, -0.15) is 18.2 Å². The van der Waals surface area contributed by atoms with Crippen molar-refractivity contribution in [1.29, 1.82) is 0 Å². The van der Waals surface area contributed by atoms with Crippen LogP contribution in [0.5, 0.6) is 0 Å². The molecule has 0 saturated heterocycles. The quantitative estimate of drug-likeness (QED) is 0.363. The van der Waals surface area contributed by atoms with Crippen LogP contribution >= 0.6 is 0 Å². The van der Waals surface area contributed by atoms with Crippen LogP contribution in [0.25, 0.3) is 0 Å². The molecule has 0 N–H and O–H groups in total. The zero-order valence-corrected chi connectivity index (χ0v) is 21.9. The van der Waals surface area contributed by atoms with Crippen LogP contribution in [0.3, 0.4) is 0 Å². The molecule has 0 aromatic heterocycles. The molecule has 0 fully saturated rings. The van der Waals surface area contributed by atoms with Gasteiger partial charge in [0.2, 0.25) is 0 Å². The van der Waals surface area contributed by atoms with E-state index in [1.807, 2.05) is 30.3 Å². The maximum absolute atomic E-state index is 2.41. The average molecular weight is 486 g/mol. The van der Waals surface area contributed by atoms with E-state index in [4.69, 9.17) is 0 Å². The molecule has 0 saturated carbocycles. The molecule has 0 nitrogen and oxygen atoms in total. The first-order valence-corrected chi connectivity index (χ1v) is 20.1. The van der Waals surface area contributed by atoms with Crippen LogP contribution in [0.1, 0.15) is 0 Å². The minimum atomic E-state index is -1.44. The van der Waals surface area contributed by atoms with E-state index in [9.17, 15) is 0 Å². The summed E-state index contributed by atoms with van der Waals surface area (Å²) in [6.45, 7) is 0. The molecule has 0 bridgehead atoms. The van der Waals surface area contributed by atoms with E-state index < -0.39 is 13.3 Å². The summed E-state index contributed by atoms with van der Waals surface area (Å²) in [7, 11) is 0. The minimum Gasteiger partial charge on any atom is -0.214 e. The SMILES string of the molecule is [CH3-].[CH3-].[CH3][Ge]([CH3])([CH3])[c-]1cccc1.[CH3][Ge]([CH3])[CH3].[Zr+4].c1cc[cH-]c1. The molecule has 2 aromatic carbocycles. The molecule has 2 aromatic rings. The standard InChI is InChI=1S/C8H13Ge.C5H5.C3H9Ge.2CH3.Zr/c1-9(2,3)8-6-4-5-7-8;1-2-4-5-3-1;1-4(2)3;;;/h4-7H,1-3H3;1-5H;1-3H3;2*1H3;/q2*-1;;2*-1;+4. The van der Waals surface area contributed by atoms with Crippen molar-refractivity contribution in [2.45, 2.75) is 34.5 Å². The molecule has 0 spiro atoms. The van der Waals surface area contributed by atoms with E-state index in [-0.39, 0.29) is 55.4 Å². The summed E-state index contributed by atoms with van der Waals surface area (Å²) in [4.78, 5) is 0. The Morgan fingerprint density at radius 3 is 1.29 bits per heavy atom. The predicted molar refractivity (Wildman–Crippen MR) is 103 cm³/mol. The van der Waals surface area contributed by atoms with E-state index in [2.05, 4.69) is 58.8 Å². The maximum atomic E-state index is 2.41. The first kappa shape index (κ1) is 29.7. The number of rotatable bonds is 1. The molecular formula is C18H33Ge2Zr. The molecule has 2 rings (SSSR count). The zero-order chi connectivity index (χ0) is 14.0. The Balaban J connectivity index is -0.000000105. The van der Waals surface area contributed by atoms with Crippen molar-refractivity contribution in [2.24, 2.45) is 0 Å². The van der Waals surface area contributed by atoms with Crippen LogP contribution in [0.2, 0.25) is 34.5 Å². The summed E-state index contributed by atoms with van der Waals surface area (Å²) in [5.74, 6) is 14.2. The fraction of sp³-hybridized carbons (Fsp3) is 0.333. The van der Waals surface area contributed by atoms with Gasteiger partial charge in [0.25, 0.3) is 0 Å². The third kappa shape index (κ3) is 20.7. The Morgan fingerprint density at radius 1 is 0.810 bits per heavy atom. The number of hydrogen-bond acceptors (Lipinski definition) is 0. The largest absolute Gasteiger partial charge is 4.00 e. The van der Waals surface area contributed by atoms with Crippen molar-refractivity contribution in [3.05, 3.63) is 69.5 Å². The molecule has 3 heteroatoms. The molecule has 0 aliphatic rings. The van der Waals surface area contributed by atoms with Crippen molar-refractivity contribution >= 4 is 32.0 Å². The fourth-order valence-corrected chi connectivity index (χ4v) is 3.70. The second-order valence-electron chi connectivity index (χ2n) is 5.89. The van der Waals surface area contributed by atoms with Gasteiger partial charge >= 0.3 is 117 Å². The number of hydrogen-bond donors (Lipinski definition) is 0. The summed E-state index contributed by atoms with van der Waals surface area (Å²) in [5.41, 5.74) is 0. The average Bonchev–Trinajstić information content (AvgIpc) is 2.93. The second kappa shape index (κ2) is 17.0. The van der Waals surface area contributed by atoms with Gasteiger partial charge in [-0.15, -0.1) is 0 Å². The van der Waals surface area contributed by atoms with Crippen molar-refractivity contribution in [2.75, 3.05) is 0 Å². The smallest absolute Gasteiger partial charge is 0.214 e. The van der Waals surface area contributed by atoms with E-state index in [1.165, 1.54) is 0 Å². The Morgan fingerprint density at radius 2 is 1.14 bits per heavy atom. The molecule has 0 unspecified atom stereocenters. The van der Waals surface area contributed by atoms with Gasteiger partial charge in [0.05, 0.1) is 0 Å². The van der Waals surface area contributed by atoms with Gasteiger partial charge in [0.1, 0.15) is 0 Å². The summed E-state index contributed by atoms with van der Waals surface area (Å²) >= 11 is -1.77. The predicted octanol–water partition coefficient (Wildman–Crippen LogP) is 5.62. The van der Waals surface area contributed by atoms with Gasteiger partial charge in [0, 0.05) is 0 Å². The molecule has 0 aliphatic carbocycles. The Kier molecular flexibility index (Phi) is 24.0. The normalized spacial score (nSPS) is 8.71. The van der Waals surface area contributed by atoms with Crippen LogP contribution in [-0.2, 0) is 26.2 Å². The van der Waals surface area contributed by atoms with Crippen molar-refractivity contribution in [3.8, 4) is 0 Å². The molecule has 0 amide bonds. The van der Waals surface area contributed by atoms with Gasteiger partial charge < -0.3 is 14.9 Å². The maximum Gasteiger partial charge on any atom is 4.00 e. The first-order chi connectivity index (χ1) is 8.34. The van der Waals surface area contributed by atoms with Gasteiger partial charge in [-0.05, 0) is 0 Å². The molecule has 1 radical (unpaired) electrons. The third-order valence-electron chi connectivity index (χ3n) is 2.08. The summed E-state index contributed by atoms with van der Waals surface area (Å²) < 4.78 is 1.61. The van der Waals surface area contributed by atoms with Crippen molar-refractivity contribution in [3.63, 3.8) is 0 Å². The van der Waals surface area contributed by atoms with E-state index >= 15 is 0 Å². The second-order valence-corrected chi connectivity index (χ2v) is 22.8. The Labute approximate surface area is 161 Å². The van der Waals surface area contributed by atoms with Crippen LogP contribution in [-0.4, -0.2) is 27.6 Å². The van der Waals surface area contributed by atoms with Crippen molar-refractivity contribution in [1.82, 2.24) is 0 Å². The summed E-state index contributed by atoms with van der Waals surface area (Å²) in [6, 6.07) is 18.8.